The molecule has 0 unspecified atom stereocenters. The third-order valence-corrected chi connectivity index (χ3v) is 2.53. The van der Waals surface area contributed by atoms with Crippen molar-refractivity contribution in [2.45, 2.75) is 13.3 Å². The Hall–Kier alpha value is -1.77. The van der Waals surface area contributed by atoms with Crippen molar-refractivity contribution in [2.24, 2.45) is 0 Å². The standard InChI is InChI=1S/C12H13NO2/c1-8-7-13-11-4-3-9(5-10(8)11)6-12(14)15-2/h3-5,7,13H,6H2,1-2H3. The zero-order valence-electron chi connectivity index (χ0n) is 8.83. The molecule has 0 saturated heterocycles. The molecule has 78 valence electrons. The average Bonchev–Trinajstić information content (AvgIpc) is 2.60. The van der Waals surface area contributed by atoms with Crippen molar-refractivity contribution < 1.29 is 9.53 Å². The average molecular weight is 203 g/mol. The van der Waals surface area contributed by atoms with Crippen LogP contribution in [-0.2, 0) is 16.0 Å². The van der Waals surface area contributed by atoms with Gasteiger partial charge in [0.2, 0.25) is 0 Å². The van der Waals surface area contributed by atoms with Crippen LogP contribution in [0.5, 0.6) is 0 Å². The van der Waals surface area contributed by atoms with Crippen molar-refractivity contribution in [3.05, 3.63) is 35.5 Å². The van der Waals surface area contributed by atoms with E-state index in [1.807, 2.05) is 31.3 Å². The van der Waals surface area contributed by atoms with E-state index in [0.29, 0.717) is 6.42 Å². The summed E-state index contributed by atoms with van der Waals surface area (Å²) in [5.74, 6) is -0.206. The van der Waals surface area contributed by atoms with E-state index in [-0.39, 0.29) is 5.97 Å². The van der Waals surface area contributed by atoms with E-state index in [1.165, 1.54) is 12.7 Å². The Kier molecular flexibility index (Phi) is 2.46. The molecule has 2 aromatic rings. The van der Waals surface area contributed by atoms with Gasteiger partial charge in [0.15, 0.2) is 0 Å². The number of nitrogens with one attached hydrogen (secondary N) is 1. The molecule has 3 heteroatoms. The van der Waals surface area contributed by atoms with Gasteiger partial charge in [-0.15, -0.1) is 0 Å². The van der Waals surface area contributed by atoms with Crippen molar-refractivity contribution in [3.8, 4) is 0 Å². The van der Waals surface area contributed by atoms with Gasteiger partial charge in [-0.3, -0.25) is 4.79 Å². The van der Waals surface area contributed by atoms with Crippen LogP contribution in [0.3, 0.4) is 0 Å². The Morgan fingerprint density at radius 2 is 2.27 bits per heavy atom. The summed E-state index contributed by atoms with van der Waals surface area (Å²) in [6.07, 6.45) is 2.30. The molecular formula is C12H13NO2. The van der Waals surface area contributed by atoms with E-state index in [0.717, 1.165) is 16.5 Å². The molecule has 2 rings (SSSR count). The maximum absolute atomic E-state index is 11.1. The minimum atomic E-state index is -0.206. The minimum absolute atomic E-state index is 0.206. The number of aromatic amines is 1. The molecule has 1 N–H and O–H groups in total. The van der Waals surface area contributed by atoms with Crippen LogP contribution in [0.25, 0.3) is 10.9 Å². The molecule has 3 nitrogen and oxygen atoms in total. The highest BCUT2D eigenvalue weighted by molar-refractivity contribution is 5.84. The van der Waals surface area contributed by atoms with Crippen LogP contribution >= 0.6 is 0 Å². The fourth-order valence-electron chi connectivity index (χ4n) is 1.66. The first-order chi connectivity index (χ1) is 7.20. The molecule has 0 atom stereocenters. The molecule has 0 spiro atoms. The number of H-pyrrole nitrogens is 1. The van der Waals surface area contributed by atoms with Gasteiger partial charge < -0.3 is 9.72 Å². The first kappa shape index (κ1) is 9.77. The van der Waals surface area contributed by atoms with Crippen LogP contribution in [0, 0.1) is 6.92 Å². The Morgan fingerprint density at radius 3 is 3.00 bits per heavy atom. The summed E-state index contributed by atoms with van der Waals surface area (Å²) in [5.41, 5.74) is 3.27. The van der Waals surface area contributed by atoms with Gasteiger partial charge in [0.25, 0.3) is 0 Å². The highest BCUT2D eigenvalue weighted by Gasteiger charge is 2.05. The molecule has 0 aliphatic carbocycles. The zero-order valence-corrected chi connectivity index (χ0v) is 8.83. The van der Waals surface area contributed by atoms with Crippen molar-refractivity contribution >= 4 is 16.9 Å². The van der Waals surface area contributed by atoms with Gasteiger partial charge in [0.1, 0.15) is 0 Å². The fraction of sp³-hybridized carbons (Fsp3) is 0.250. The topological polar surface area (TPSA) is 42.1 Å². The minimum Gasteiger partial charge on any atom is -0.469 e. The van der Waals surface area contributed by atoms with Crippen molar-refractivity contribution in [3.63, 3.8) is 0 Å². The number of ether oxygens (including phenoxy) is 1. The number of aromatic nitrogens is 1. The number of hydrogen-bond acceptors (Lipinski definition) is 2. The van der Waals surface area contributed by atoms with E-state index in [2.05, 4.69) is 9.72 Å². The van der Waals surface area contributed by atoms with Crippen molar-refractivity contribution in [1.82, 2.24) is 4.98 Å². The van der Waals surface area contributed by atoms with Crippen LogP contribution in [-0.4, -0.2) is 18.1 Å². The Morgan fingerprint density at radius 1 is 1.47 bits per heavy atom. The molecule has 0 bridgehead atoms. The summed E-state index contributed by atoms with van der Waals surface area (Å²) in [6, 6.07) is 5.95. The summed E-state index contributed by atoms with van der Waals surface area (Å²) in [6.45, 7) is 2.04. The molecule has 15 heavy (non-hydrogen) atoms. The number of aryl methyl sites for hydroxylation is 1. The second-order valence-electron chi connectivity index (χ2n) is 3.60. The Balaban J connectivity index is 2.37. The second kappa shape index (κ2) is 3.77. The lowest BCUT2D eigenvalue weighted by molar-refractivity contribution is -0.139. The van der Waals surface area contributed by atoms with Gasteiger partial charge in [-0.2, -0.15) is 0 Å². The number of methoxy groups -OCH3 is 1. The maximum Gasteiger partial charge on any atom is 0.309 e. The monoisotopic (exact) mass is 203 g/mol. The van der Waals surface area contributed by atoms with Crippen LogP contribution in [0.15, 0.2) is 24.4 Å². The number of carbonyl (C=O) groups is 1. The Labute approximate surface area is 88.1 Å². The number of carbonyl (C=O) groups excluding carboxylic acids is 1. The lowest BCUT2D eigenvalue weighted by Gasteiger charge is -2.00. The van der Waals surface area contributed by atoms with E-state index >= 15 is 0 Å². The summed E-state index contributed by atoms with van der Waals surface area (Å²) in [5, 5.41) is 1.16. The van der Waals surface area contributed by atoms with E-state index < -0.39 is 0 Å². The lowest BCUT2D eigenvalue weighted by atomic mass is 10.1. The molecule has 0 saturated carbocycles. The van der Waals surface area contributed by atoms with Crippen molar-refractivity contribution in [1.29, 1.82) is 0 Å². The number of hydrogen-bond donors (Lipinski definition) is 1. The third-order valence-electron chi connectivity index (χ3n) is 2.53. The summed E-state index contributed by atoms with van der Waals surface area (Å²) in [7, 11) is 1.41. The Bertz CT molecular complexity index is 499. The van der Waals surface area contributed by atoms with Gasteiger partial charge in [0, 0.05) is 17.1 Å². The van der Waals surface area contributed by atoms with Gasteiger partial charge in [-0.1, -0.05) is 6.07 Å². The molecule has 0 aliphatic rings. The number of fused-ring (bicyclic) bond motifs is 1. The smallest absolute Gasteiger partial charge is 0.309 e. The summed E-state index contributed by atoms with van der Waals surface area (Å²) >= 11 is 0. The SMILES string of the molecule is COC(=O)Cc1ccc2[nH]cc(C)c2c1. The number of esters is 1. The quantitative estimate of drug-likeness (QED) is 0.760. The fourth-order valence-corrected chi connectivity index (χ4v) is 1.66. The van der Waals surface area contributed by atoms with Gasteiger partial charge in [-0.25, -0.2) is 0 Å². The van der Waals surface area contributed by atoms with Gasteiger partial charge in [0.05, 0.1) is 13.5 Å². The normalized spacial score (nSPS) is 10.5. The molecule has 0 fully saturated rings. The van der Waals surface area contributed by atoms with Crippen LogP contribution in [0.1, 0.15) is 11.1 Å². The number of rotatable bonds is 2. The van der Waals surface area contributed by atoms with Crippen LogP contribution in [0.2, 0.25) is 0 Å². The molecule has 0 aliphatic heterocycles. The molecule has 1 heterocycles. The molecule has 1 aromatic heterocycles. The first-order valence-corrected chi connectivity index (χ1v) is 4.84. The van der Waals surface area contributed by atoms with Crippen LogP contribution in [0.4, 0.5) is 0 Å². The van der Waals surface area contributed by atoms with Crippen molar-refractivity contribution in [2.75, 3.05) is 7.11 Å². The highest BCUT2D eigenvalue weighted by atomic mass is 16.5. The molecule has 0 radical (unpaired) electrons. The molecule has 1 aromatic carbocycles. The largest absolute Gasteiger partial charge is 0.469 e. The van der Waals surface area contributed by atoms with Crippen LogP contribution < -0.4 is 0 Å². The summed E-state index contributed by atoms with van der Waals surface area (Å²) < 4.78 is 4.63. The lowest BCUT2D eigenvalue weighted by Crippen LogP contribution is -2.04. The first-order valence-electron chi connectivity index (χ1n) is 4.84. The van der Waals surface area contributed by atoms with E-state index in [9.17, 15) is 4.79 Å². The molecular weight excluding hydrogens is 190 g/mol. The maximum atomic E-state index is 11.1. The van der Waals surface area contributed by atoms with Gasteiger partial charge >= 0.3 is 5.97 Å². The summed E-state index contributed by atoms with van der Waals surface area (Å²) in [4.78, 5) is 14.3. The van der Waals surface area contributed by atoms with E-state index in [1.54, 1.807) is 0 Å². The third kappa shape index (κ3) is 1.86. The number of benzene rings is 1. The van der Waals surface area contributed by atoms with E-state index in [4.69, 9.17) is 0 Å². The highest BCUT2D eigenvalue weighted by Crippen LogP contribution is 2.19. The zero-order chi connectivity index (χ0) is 10.8. The van der Waals surface area contributed by atoms with Gasteiger partial charge in [-0.05, 0) is 30.2 Å². The second-order valence-corrected chi connectivity index (χ2v) is 3.60. The predicted molar refractivity (Wildman–Crippen MR) is 58.8 cm³/mol. The molecule has 0 amide bonds. The predicted octanol–water partition coefficient (Wildman–Crippen LogP) is 2.19.